The molecule has 2 aliphatic heterocycles. The predicted octanol–water partition coefficient (Wildman–Crippen LogP) is 4.85. The van der Waals surface area contributed by atoms with E-state index in [-0.39, 0.29) is 36.2 Å². The van der Waals surface area contributed by atoms with Gasteiger partial charge in [-0.15, -0.1) is 0 Å². The Bertz CT molecular complexity index is 814. The van der Waals surface area contributed by atoms with E-state index in [4.69, 9.17) is 9.73 Å². The molecule has 2 heterocycles. The number of amides is 1. The maximum atomic E-state index is 13.4. The topological polar surface area (TPSA) is 59.0 Å². The lowest BCUT2D eigenvalue weighted by atomic mass is 9.87. The normalized spacial score (nSPS) is 20.3. The maximum Gasteiger partial charge on any atom is 0.306 e. The van der Waals surface area contributed by atoms with Gasteiger partial charge in [-0.25, -0.2) is 0 Å². The Morgan fingerprint density at radius 3 is 2.62 bits per heavy atom. The highest BCUT2D eigenvalue weighted by Crippen LogP contribution is 2.31. The van der Waals surface area contributed by atoms with E-state index in [0.717, 1.165) is 48.0 Å². The highest BCUT2D eigenvalue weighted by Gasteiger charge is 2.37. The van der Waals surface area contributed by atoms with E-state index >= 15 is 0 Å². The van der Waals surface area contributed by atoms with Crippen molar-refractivity contribution in [2.24, 2.45) is 16.8 Å². The lowest BCUT2D eigenvalue weighted by molar-refractivity contribution is -0.149. The summed E-state index contributed by atoms with van der Waals surface area (Å²) >= 11 is 3.47. The predicted molar refractivity (Wildman–Crippen MR) is 118 cm³/mol. The quantitative estimate of drug-likeness (QED) is 0.569. The molecule has 0 N–H and O–H groups in total. The van der Waals surface area contributed by atoms with Gasteiger partial charge >= 0.3 is 5.97 Å². The van der Waals surface area contributed by atoms with Gasteiger partial charge in [0.15, 0.2) is 0 Å². The second-order valence-corrected chi connectivity index (χ2v) is 9.05. The monoisotopic (exact) mass is 460 g/mol. The summed E-state index contributed by atoms with van der Waals surface area (Å²) in [4.78, 5) is 31.9. The summed E-state index contributed by atoms with van der Waals surface area (Å²) in [6.45, 7) is 4.70. The summed E-state index contributed by atoms with van der Waals surface area (Å²) in [7, 11) is 1.37. The molecule has 1 saturated heterocycles. The molecule has 5 nitrogen and oxygen atoms in total. The molecule has 0 aliphatic carbocycles. The van der Waals surface area contributed by atoms with Crippen LogP contribution in [-0.2, 0) is 14.3 Å². The van der Waals surface area contributed by atoms with Crippen LogP contribution in [0.1, 0.15) is 51.5 Å². The first-order chi connectivity index (χ1) is 13.9. The molecule has 1 amide bonds. The van der Waals surface area contributed by atoms with E-state index in [1.165, 1.54) is 12.7 Å². The number of carbonyl (C=O) groups excluding carboxylic acids is 2. The van der Waals surface area contributed by atoms with Crippen LogP contribution in [0, 0.1) is 11.8 Å². The van der Waals surface area contributed by atoms with Crippen molar-refractivity contribution in [2.75, 3.05) is 13.7 Å². The van der Waals surface area contributed by atoms with E-state index in [0.29, 0.717) is 0 Å². The standard InChI is InChI=1S/C23H29BrN2O3/c1-15(2)19(13-22(27)29-3)23(28)26-11-5-4-6-21(26)20-12-17(14-25-20)16-7-9-18(24)10-8-16/h7-10,14-15,19,21H,4-6,11-13H2,1-3H3/t19-,21-/m0/s1. The van der Waals surface area contributed by atoms with E-state index in [9.17, 15) is 9.59 Å². The lowest BCUT2D eigenvalue weighted by Gasteiger charge is -2.38. The first kappa shape index (κ1) is 21.8. The molecule has 29 heavy (non-hydrogen) atoms. The summed E-state index contributed by atoms with van der Waals surface area (Å²) < 4.78 is 5.87. The molecule has 0 aromatic heterocycles. The highest BCUT2D eigenvalue weighted by atomic mass is 79.9. The van der Waals surface area contributed by atoms with Crippen molar-refractivity contribution < 1.29 is 14.3 Å². The minimum Gasteiger partial charge on any atom is -0.469 e. The summed E-state index contributed by atoms with van der Waals surface area (Å²) in [5.74, 6) is -0.562. The van der Waals surface area contributed by atoms with Crippen molar-refractivity contribution in [3.63, 3.8) is 0 Å². The number of allylic oxidation sites excluding steroid dienone is 1. The molecular weight excluding hydrogens is 432 g/mol. The minimum absolute atomic E-state index is 0.0133. The van der Waals surface area contributed by atoms with Crippen LogP contribution in [-0.4, -0.2) is 42.2 Å². The number of ether oxygens (including phenoxy) is 1. The molecule has 0 bridgehead atoms. The molecular formula is C23H29BrN2O3. The van der Waals surface area contributed by atoms with Crippen molar-refractivity contribution in [3.8, 4) is 0 Å². The number of carbonyl (C=O) groups is 2. The molecule has 0 spiro atoms. The van der Waals surface area contributed by atoms with Gasteiger partial charge < -0.3 is 9.64 Å². The zero-order valence-electron chi connectivity index (χ0n) is 17.4. The van der Waals surface area contributed by atoms with Crippen LogP contribution in [0.3, 0.4) is 0 Å². The van der Waals surface area contributed by atoms with Crippen LogP contribution < -0.4 is 0 Å². The van der Waals surface area contributed by atoms with Gasteiger partial charge in [-0.05, 0) is 48.4 Å². The maximum absolute atomic E-state index is 13.4. The van der Waals surface area contributed by atoms with Crippen molar-refractivity contribution in [2.45, 2.75) is 52.0 Å². The third kappa shape index (κ3) is 5.16. The van der Waals surface area contributed by atoms with Crippen molar-refractivity contribution >= 4 is 39.1 Å². The van der Waals surface area contributed by atoms with Crippen LogP contribution in [0.15, 0.2) is 39.9 Å². The van der Waals surface area contributed by atoms with Crippen molar-refractivity contribution in [3.05, 3.63) is 40.5 Å². The summed E-state index contributed by atoms with van der Waals surface area (Å²) in [6.07, 6.45) is 5.83. The van der Waals surface area contributed by atoms with Gasteiger partial charge in [0.05, 0.1) is 25.5 Å². The van der Waals surface area contributed by atoms with Crippen LogP contribution in [0.4, 0.5) is 0 Å². The first-order valence-electron chi connectivity index (χ1n) is 10.3. The number of benzene rings is 1. The SMILES string of the molecule is COC(=O)C[C@H](C(=O)N1CCCC[C@H]1C1=NC=C(c2ccc(Br)cc2)C1)C(C)C. The average molecular weight is 461 g/mol. The Kier molecular flexibility index (Phi) is 7.28. The Labute approximate surface area is 181 Å². The molecule has 2 atom stereocenters. The number of likely N-dealkylation sites (tertiary alicyclic amines) is 1. The van der Waals surface area contributed by atoms with Crippen LogP contribution in [0.2, 0.25) is 0 Å². The fourth-order valence-electron chi connectivity index (χ4n) is 4.12. The largest absolute Gasteiger partial charge is 0.469 e. The van der Waals surface area contributed by atoms with E-state index in [1.54, 1.807) is 0 Å². The smallest absolute Gasteiger partial charge is 0.306 e. The summed E-state index contributed by atoms with van der Waals surface area (Å²) in [5.41, 5.74) is 3.39. The molecule has 0 radical (unpaired) electrons. The number of hydrogen-bond acceptors (Lipinski definition) is 4. The van der Waals surface area contributed by atoms with Gasteiger partial charge in [0.25, 0.3) is 0 Å². The third-order valence-corrected chi connectivity index (χ3v) is 6.41. The zero-order chi connectivity index (χ0) is 21.0. The highest BCUT2D eigenvalue weighted by molar-refractivity contribution is 9.10. The molecule has 0 unspecified atom stereocenters. The molecule has 6 heteroatoms. The Hall–Kier alpha value is -1.95. The molecule has 2 aliphatic rings. The molecule has 1 fully saturated rings. The van der Waals surface area contributed by atoms with Gasteiger partial charge in [-0.3, -0.25) is 14.6 Å². The molecule has 0 saturated carbocycles. The lowest BCUT2D eigenvalue weighted by Crippen LogP contribution is -2.51. The number of halogens is 1. The van der Waals surface area contributed by atoms with E-state index in [1.807, 2.05) is 37.1 Å². The second-order valence-electron chi connectivity index (χ2n) is 8.13. The van der Waals surface area contributed by atoms with Crippen molar-refractivity contribution in [1.82, 2.24) is 4.90 Å². The van der Waals surface area contributed by atoms with Crippen LogP contribution in [0.25, 0.3) is 5.57 Å². The molecule has 3 rings (SSSR count). The first-order valence-corrected chi connectivity index (χ1v) is 11.1. The number of hydrogen-bond donors (Lipinski definition) is 0. The number of nitrogens with zero attached hydrogens (tertiary/aromatic N) is 2. The minimum atomic E-state index is -0.357. The number of aliphatic imine (C=N–C) groups is 1. The van der Waals surface area contributed by atoms with E-state index in [2.05, 4.69) is 28.1 Å². The summed E-state index contributed by atoms with van der Waals surface area (Å²) in [5, 5.41) is 0. The van der Waals surface area contributed by atoms with Gasteiger partial charge in [0.2, 0.25) is 5.91 Å². The van der Waals surface area contributed by atoms with Gasteiger partial charge in [0, 0.05) is 29.3 Å². The summed E-state index contributed by atoms with van der Waals surface area (Å²) in [6, 6.07) is 8.25. The van der Waals surface area contributed by atoms with Crippen LogP contribution in [0.5, 0.6) is 0 Å². The Balaban J connectivity index is 1.73. The van der Waals surface area contributed by atoms with Gasteiger partial charge in [-0.1, -0.05) is 41.9 Å². The molecule has 156 valence electrons. The number of methoxy groups -OCH3 is 1. The van der Waals surface area contributed by atoms with Crippen molar-refractivity contribution in [1.29, 1.82) is 0 Å². The van der Waals surface area contributed by atoms with Gasteiger partial charge in [0.1, 0.15) is 0 Å². The zero-order valence-corrected chi connectivity index (χ0v) is 18.9. The molecule has 1 aromatic carbocycles. The number of esters is 1. The fraction of sp³-hybridized carbons (Fsp3) is 0.522. The van der Waals surface area contributed by atoms with Crippen LogP contribution >= 0.6 is 15.9 Å². The third-order valence-electron chi connectivity index (χ3n) is 5.88. The fourth-order valence-corrected chi connectivity index (χ4v) is 4.38. The number of piperidine rings is 1. The molecule has 1 aromatic rings. The Morgan fingerprint density at radius 1 is 1.24 bits per heavy atom. The number of rotatable bonds is 6. The Morgan fingerprint density at radius 2 is 1.97 bits per heavy atom. The van der Waals surface area contributed by atoms with E-state index < -0.39 is 0 Å². The van der Waals surface area contributed by atoms with Gasteiger partial charge in [-0.2, -0.15) is 0 Å². The average Bonchev–Trinajstić information content (AvgIpc) is 3.21. The second kappa shape index (κ2) is 9.70.